The molecular weight excluding hydrogens is 484 g/mol. The summed E-state index contributed by atoms with van der Waals surface area (Å²) < 4.78 is 55.0. The number of carbonyl (C=O) groups excluding carboxylic acids is 2. The van der Waals surface area contributed by atoms with Crippen LogP contribution in [-0.4, -0.2) is 47.7 Å². The number of fused-ring (bicyclic) bond motifs is 1. The van der Waals surface area contributed by atoms with Crippen LogP contribution in [0, 0.1) is 5.82 Å². The normalized spacial score (nSPS) is 12.2. The second-order valence-electron chi connectivity index (χ2n) is 8.66. The Morgan fingerprint density at radius 2 is 1.78 bits per heavy atom. The molecule has 0 radical (unpaired) electrons. The summed E-state index contributed by atoms with van der Waals surface area (Å²) in [6, 6.07) is 2.78. The standard InChI is InChI=1S/C23H20F4N6O3/c1-22(2,12-34)33-18(4-13-5-29-9-17(24)20(13)33)21(36)14-3-16(8-28-6-14)31-19(35)11-32-10-15(7-30-32)23(25,26)27/h3-10,34H,11-12H2,1-2H3,(H,31,35). The highest BCUT2D eigenvalue weighted by atomic mass is 19.4. The average molecular weight is 504 g/mol. The minimum atomic E-state index is -4.58. The molecule has 9 nitrogen and oxygen atoms in total. The van der Waals surface area contributed by atoms with Crippen LogP contribution in [0.2, 0.25) is 0 Å². The van der Waals surface area contributed by atoms with Gasteiger partial charge in [0, 0.05) is 29.5 Å². The van der Waals surface area contributed by atoms with Gasteiger partial charge >= 0.3 is 6.18 Å². The van der Waals surface area contributed by atoms with Gasteiger partial charge in [-0.1, -0.05) is 0 Å². The molecule has 0 saturated heterocycles. The second-order valence-corrected chi connectivity index (χ2v) is 8.66. The number of hydrogen-bond acceptors (Lipinski definition) is 6. The summed E-state index contributed by atoms with van der Waals surface area (Å²) in [6.07, 6.45) is 1.65. The first-order valence-electron chi connectivity index (χ1n) is 10.6. The summed E-state index contributed by atoms with van der Waals surface area (Å²) in [4.78, 5) is 33.5. The van der Waals surface area contributed by atoms with Gasteiger partial charge in [-0.25, -0.2) is 4.39 Å². The Bertz CT molecular complexity index is 1460. The molecular formula is C23H20F4N6O3. The molecule has 0 aliphatic carbocycles. The molecule has 0 aliphatic rings. The number of halogens is 4. The highest BCUT2D eigenvalue weighted by molar-refractivity contribution is 6.11. The van der Waals surface area contributed by atoms with Crippen molar-refractivity contribution in [2.75, 3.05) is 11.9 Å². The van der Waals surface area contributed by atoms with E-state index in [1.807, 2.05) is 0 Å². The number of anilines is 1. The predicted octanol–water partition coefficient (Wildman–Crippen LogP) is 3.38. The Hall–Kier alpha value is -4.13. The lowest BCUT2D eigenvalue weighted by molar-refractivity contribution is -0.137. The van der Waals surface area contributed by atoms with E-state index >= 15 is 0 Å². The van der Waals surface area contributed by atoms with E-state index in [1.165, 1.54) is 35.3 Å². The van der Waals surface area contributed by atoms with Crippen LogP contribution in [-0.2, 0) is 23.1 Å². The summed E-state index contributed by atoms with van der Waals surface area (Å²) in [7, 11) is 0. The molecule has 0 unspecified atom stereocenters. The van der Waals surface area contributed by atoms with Crippen LogP contribution in [0.15, 0.2) is 49.3 Å². The molecule has 4 rings (SSSR count). The lowest BCUT2D eigenvalue weighted by Gasteiger charge is -2.28. The Morgan fingerprint density at radius 3 is 2.44 bits per heavy atom. The first-order valence-corrected chi connectivity index (χ1v) is 10.6. The molecule has 4 aromatic heterocycles. The Balaban J connectivity index is 1.61. The van der Waals surface area contributed by atoms with Crippen molar-refractivity contribution in [3.63, 3.8) is 0 Å². The number of nitrogens with zero attached hydrogens (tertiary/aromatic N) is 5. The molecule has 2 N–H and O–H groups in total. The molecule has 0 spiro atoms. The first-order chi connectivity index (χ1) is 16.9. The van der Waals surface area contributed by atoms with Gasteiger partial charge in [-0.15, -0.1) is 0 Å². The number of carbonyl (C=O) groups is 2. The zero-order chi connectivity index (χ0) is 26.3. The van der Waals surface area contributed by atoms with Crippen LogP contribution in [0.3, 0.4) is 0 Å². The number of nitrogens with one attached hydrogen (secondary N) is 1. The maximum atomic E-state index is 14.6. The molecule has 188 valence electrons. The van der Waals surface area contributed by atoms with E-state index in [0.29, 0.717) is 17.8 Å². The second kappa shape index (κ2) is 9.15. The molecule has 0 aromatic carbocycles. The maximum absolute atomic E-state index is 14.6. The largest absolute Gasteiger partial charge is 0.419 e. The van der Waals surface area contributed by atoms with Crippen molar-refractivity contribution in [2.45, 2.75) is 32.1 Å². The fourth-order valence-corrected chi connectivity index (χ4v) is 3.71. The highest BCUT2D eigenvalue weighted by Gasteiger charge is 2.32. The van der Waals surface area contributed by atoms with Crippen LogP contribution in [0.1, 0.15) is 35.5 Å². The molecule has 1 amide bonds. The fraction of sp³-hybridized carbons (Fsp3) is 0.261. The van der Waals surface area contributed by atoms with Gasteiger partial charge in [-0.05, 0) is 26.0 Å². The Morgan fingerprint density at radius 1 is 1.06 bits per heavy atom. The number of pyridine rings is 2. The smallest absolute Gasteiger partial charge is 0.394 e. The lowest BCUT2D eigenvalue weighted by Crippen LogP contribution is -2.33. The van der Waals surface area contributed by atoms with Crippen molar-refractivity contribution in [1.82, 2.24) is 24.3 Å². The van der Waals surface area contributed by atoms with E-state index in [0.717, 1.165) is 10.9 Å². The summed E-state index contributed by atoms with van der Waals surface area (Å²) in [5.41, 5.74) is -1.70. The first kappa shape index (κ1) is 25.0. The maximum Gasteiger partial charge on any atom is 0.419 e. The van der Waals surface area contributed by atoms with E-state index in [9.17, 15) is 32.3 Å². The van der Waals surface area contributed by atoms with Gasteiger partial charge in [0.25, 0.3) is 0 Å². The van der Waals surface area contributed by atoms with Crippen molar-refractivity contribution < 1.29 is 32.3 Å². The number of ketones is 1. The third kappa shape index (κ3) is 4.82. The molecule has 4 heterocycles. The van der Waals surface area contributed by atoms with Crippen molar-refractivity contribution in [3.8, 4) is 0 Å². The highest BCUT2D eigenvalue weighted by Crippen LogP contribution is 2.31. The van der Waals surface area contributed by atoms with Crippen LogP contribution in [0.25, 0.3) is 10.9 Å². The van der Waals surface area contributed by atoms with Crippen molar-refractivity contribution in [2.24, 2.45) is 0 Å². The summed E-state index contributed by atoms with van der Waals surface area (Å²) in [6.45, 7) is 2.38. The van der Waals surface area contributed by atoms with Crippen molar-refractivity contribution in [1.29, 1.82) is 0 Å². The predicted molar refractivity (Wildman–Crippen MR) is 120 cm³/mol. The van der Waals surface area contributed by atoms with Gasteiger partial charge in [0.2, 0.25) is 11.7 Å². The number of aliphatic hydroxyl groups excluding tert-OH is 1. The van der Waals surface area contributed by atoms with Crippen molar-refractivity contribution in [3.05, 3.63) is 72.0 Å². The van der Waals surface area contributed by atoms with Crippen LogP contribution >= 0.6 is 0 Å². The quantitative estimate of drug-likeness (QED) is 0.295. The average Bonchev–Trinajstić information content (AvgIpc) is 3.44. The van der Waals surface area contributed by atoms with Gasteiger partial charge in [0.05, 0.1) is 53.2 Å². The third-order valence-electron chi connectivity index (χ3n) is 5.43. The topological polar surface area (TPSA) is 115 Å². The van der Waals surface area contributed by atoms with Crippen LogP contribution in [0.4, 0.5) is 23.2 Å². The molecule has 0 saturated carbocycles. The molecule has 0 bridgehead atoms. The lowest BCUT2D eigenvalue weighted by atomic mass is 10.0. The fourth-order valence-electron chi connectivity index (χ4n) is 3.71. The zero-order valence-corrected chi connectivity index (χ0v) is 19.0. The van der Waals surface area contributed by atoms with E-state index in [-0.39, 0.29) is 22.5 Å². The number of amides is 1. The number of aliphatic hydroxyl groups is 1. The number of aromatic nitrogens is 5. The Kier molecular flexibility index (Phi) is 6.35. The number of alkyl halides is 3. The van der Waals surface area contributed by atoms with E-state index < -0.39 is 47.9 Å². The molecule has 36 heavy (non-hydrogen) atoms. The number of hydrogen-bond donors (Lipinski definition) is 2. The minimum Gasteiger partial charge on any atom is -0.394 e. The van der Waals surface area contributed by atoms with Crippen molar-refractivity contribution >= 4 is 28.3 Å². The van der Waals surface area contributed by atoms with Gasteiger partial charge in [0.1, 0.15) is 6.54 Å². The summed E-state index contributed by atoms with van der Waals surface area (Å²) >= 11 is 0. The van der Waals surface area contributed by atoms with Gasteiger partial charge in [-0.2, -0.15) is 18.3 Å². The minimum absolute atomic E-state index is 0.0532. The monoisotopic (exact) mass is 504 g/mol. The SMILES string of the molecule is CC(C)(CO)n1c(C(=O)c2cncc(NC(=O)Cn3cc(C(F)(F)F)cn3)c2)cc2cncc(F)c21. The van der Waals surface area contributed by atoms with Gasteiger partial charge in [0.15, 0.2) is 5.82 Å². The molecule has 13 heteroatoms. The summed E-state index contributed by atoms with van der Waals surface area (Å²) in [5, 5.41) is 16.2. The Labute approximate surface area is 201 Å². The van der Waals surface area contributed by atoms with E-state index in [1.54, 1.807) is 13.8 Å². The molecule has 0 fully saturated rings. The van der Waals surface area contributed by atoms with E-state index in [4.69, 9.17) is 0 Å². The zero-order valence-electron chi connectivity index (χ0n) is 19.0. The van der Waals surface area contributed by atoms with Crippen LogP contribution < -0.4 is 5.32 Å². The molecule has 0 aliphatic heterocycles. The van der Waals surface area contributed by atoms with Crippen LogP contribution in [0.5, 0.6) is 0 Å². The third-order valence-corrected chi connectivity index (χ3v) is 5.43. The van der Waals surface area contributed by atoms with E-state index in [2.05, 4.69) is 20.4 Å². The molecule has 0 atom stereocenters. The molecule has 4 aromatic rings. The van der Waals surface area contributed by atoms with Gasteiger partial charge < -0.3 is 15.0 Å². The van der Waals surface area contributed by atoms with Gasteiger partial charge in [-0.3, -0.25) is 24.2 Å². The summed E-state index contributed by atoms with van der Waals surface area (Å²) in [5.74, 6) is -1.92. The number of rotatable bonds is 7.